The zero-order valence-corrected chi connectivity index (χ0v) is 10.4. The zero-order chi connectivity index (χ0) is 13.7. The van der Waals surface area contributed by atoms with Crippen LogP contribution < -0.4 is 10.1 Å². The summed E-state index contributed by atoms with van der Waals surface area (Å²) < 4.78 is 31.1. The number of hydrogen-bond acceptors (Lipinski definition) is 4. The quantitative estimate of drug-likeness (QED) is 0.902. The fourth-order valence-electron chi connectivity index (χ4n) is 1.45. The van der Waals surface area contributed by atoms with E-state index in [0.29, 0.717) is 6.54 Å². The zero-order valence-electron chi connectivity index (χ0n) is 10.4. The number of hydrogen-bond donors (Lipinski definition) is 1. The van der Waals surface area contributed by atoms with Gasteiger partial charge in [0.25, 0.3) is 0 Å². The highest BCUT2D eigenvalue weighted by molar-refractivity contribution is 5.26. The minimum atomic E-state index is -0.709. The average molecular weight is 265 g/mol. The van der Waals surface area contributed by atoms with Gasteiger partial charge in [-0.3, -0.25) is 0 Å². The summed E-state index contributed by atoms with van der Waals surface area (Å²) in [5.74, 6) is -1.39. The Morgan fingerprint density at radius 1 is 1.11 bits per heavy atom. The molecule has 100 valence electrons. The van der Waals surface area contributed by atoms with E-state index in [1.165, 1.54) is 0 Å². The van der Waals surface area contributed by atoms with Gasteiger partial charge in [0.1, 0.15) is 17.4 Å². The lowest BCUT2D eigenvalue weighted by molar-refractivity contribution is 0.431. The van der Waals surface area contributed by atoms with Crippen molar-refractivity contribution in [3.05, 3.63) is 47.8 Å². The van der Waals surface area contributed by atoms with Gasteiger partial charge in [0.15, 0.2) is 0 Å². The van der Waals surface area contributed by atoms with E-state index in [1.54, 1.807) is 12.4 Å². The molecule has 0 saturated heterocycles. The summed E-state index contributed by atoms with van der Waals surface area (Å²) in [6.45, 7) is 3.50. The molecule has 0 atom stereocenters. The van der Waals surface area contributed by atoms with Crippen LogP contribution in [0.25, 0.3) is 0 Å². The standard InChI is InChI=1S/C13H13F2N3O/c1-2-16-6-9-7-17-13(18-8-9)19-12-4-10(14)3-11(15)5-12/h3-5,7-8,16H,2,6H2,1H3. The van der Waals surface area contributed by atoms with Crippen molar-refractivity contribution >= 4 is 0 Å². The van der Waals surface area contributed by atoms with Gasteiger partial charge in [-0.2, -0.15) is 0 Å². The van der Waals surface area contributed by atoms with Crippen LogP contribution in [0, 0.1) is 11.6 Å². The number of nitrogens with zero attached hydrogens (tertiary/aromatic N) is 2. The molecular formula is C13H13F2N3O. The molecule has 1 N–H and O–H groups in total. The molecular weight excluding hydrogens is 252 g/mol. The van der Waals surface area contributed by atoms with Crippen molar-refractivity contribution in [1.29, 1.82) is 0 Å². The Morgan fingerprint density at radius 3 is 2.32 bits per heavy atom. The second kappa shape index (κ2) is 6.19. The maximum absolute atomic E-state index is 13.0. The summed E-state index contributed by atoms with van der Waals surface area (Å²) in [6.07, 6.45) is 3.20. The van der Waals surface area contributed by atoms with Gasteiger partial charge in [0.05, 0.1) is 0 Å². The summed E-state index contributed by atoms with van der Waals surface area (Å²) in [7, 11) is 0. The van der Waals surface area contributed by atoms with Crippen LogP contribution in [0.2, 0.25) is 0 Å². The lowest BCUT2D eigenvalue weighted by Gasteiger charge is -2.05. The molecule has 6 heteroatoms. The van der Waals surface area contributed by atoms with Crippen molar-refractivity contribution in [2.75, 3.05) is 6.54 Å². The smallest absolute Gasteiger partial charge is 0.321 e. The Kier molecular flexibility index (Phi) is 4.35. The predicted octanol–water partition coefficient (Wildman–Crippen LogP) is 2.66. The van der Waals surface area contributed by atoms with Crippen molar-refractivity contribution in [3.8, 4) is 11.8 Å². The maximum Gasteiger partial charge on any atom is 0.321 e. The molecule has 0 radical (unpaired) electrons. The lowest BCUT2D eigenvalue weighted by atomic mass is 10.3. The number of halogens is 2. The molecule has 0 aliphatic carbocycles. The average Bonchev–Trinajstić information content (AvgIpc) is 2.37. The van der Waals surface area contributed by atoms with Gasteiger partial charge >= 0.3 is 6.01 Å². The van der Waals surface area contributed by atoms with Gasteiger partial charge in [0, 0.05) is 42.7 Å². The molecule has 0 spiro atoms. The van der Waals surface area contributed by atoms with Crippen LogP contribution in [0.4, 0.5) is 8.78 Å². The molecule has 1 aromatic carbocycles. The molecule has 1 heterocycles. The first-order valence-corrected chi connectivity index (χ1v) is 5.83. The molecule has 0 amide bonds. The molecule has 0 saturated carbocycles. The monoisotopic (exact) mass is 265 g/mol. The predicted molar refractivity (Wildman–Crippen MR) is 65.8 cm³/mol. The number of aromatic nitrogens is 2. The van der Waals surface area contributed by atoms with Crippen LogP contribution in [0.1, 0.15) is 12.5 Å². The van der Waals surface area contributed by atoms with E-state index >= 15 is 0 Å². The minimum absolute atomic E-state index is 0.0249. The molecule has 2 rings (SSSR count). The molecule has 4 nitrogen and oxygen atoms in total. The third-order valence-corrected chi connectivity index (χ3v) is 2.31. The first kappa shape index (κ1) is 13.4. The highest BCUT2D eigenvalue weighted by Crippen LogP contribution is 2.20. The van der Waals surface area contributed by atoms with Crippen molar-refractivity contribution in [2.24, 2.45) is 0 Å². The Balaban J connectivity index is 2.06. The summed E-state index contributed by atoms with van der Waals surface area (Å²) in [5.41, 5.74) is 0.902. The van der Waals surface area contributed by atoms with E-state index in [1.807, 2.05) is 6.92 Å². The van der Waals surface area contributed by atoms with Crippen LogP contribution >= 0.6 is 0 Å². The summed E-state index contributed by atoms with van der Waals surface area (Å²) in [5, 5.41) is 3.13. The highest BCUT2D eigenvalue weighted by atomic mass is 19.1. The van der Waals surface area contributed by atoms with E-state index < -0.39 is 11.6 Å². The molecule has 19 heavy (non-hydrogen) atoms. The third kappa shape index (κ3) is 3.96. The fraction of sp³-hybridized carbons (Fsp3) is 0.231. The Bertz CT molecular complexity index is 526. The fourth-order valence-corrected chi connectivity index (χ4v) is 1.45. The molecule has 1 aromatic heterocycles. The second-order valence-corrected chi connectivity index (χ2v) is 3.86. The Hall–Kier alpha value is -2.08. The second-order valence-electron chi connectivity index (χ2n) is 3.86. The molecule has 0 unspecified atom stereocenters. The summed E-state index contributed by atoms with van der Waals surface area (Å²) in [4.78, 5) is 7.94. The maximum atomic E-state index is 13.0. The van der Waals surface area contributed by atoms with Crippen molar-refractivity contribution in [2.45, 2.75) is 13.5 Å². The van der Waals surface area contributed by atoms with Gasteiger partial charge in [0.2, 0.25) is 0 Å². The van der Waals surface area contributed by atoms with Crippen molar-refractivity contribution in [3.63, 3.8) is 0 Å². The van der Waals surface area contributed by atoms with Crippen LogP contribution in [-0.4, -0.2) is 16.5 Å². The normalized spacial score (nSPS) is 10.5. The Morgan fingerprint density at radius 2 is 1.74 bits per heavy atom. The summed E-state index contributed by atoms with van der Waals surface area (Å²) in [6, 6.07) is 2.95. The van der Waals surface area contributed by atoms with Gasteiger partial charge in [-0.1, -0.05) is 6.92 Å². The largest absolute Gasteiger partial charge is 0.424 e. The van der Waals surface area contributed by atoms with Gasteiger partial charge in [-0.15, -0.1) is 0 Å². The third-order valence-electron chi connectivity index (χ3n) is 2.31. The molecule has 2 aromatic rings. The molecule has 0 bridgehead atoms. The number of ether oxygens (including phenoxy) is 1. The van der Waals surface area contributed by atoms with Crippen molar-refractivity contribution < 1.29 is 13.5 Å². The number of nitrogens with one attached hydrogen (secondary N) is 1. The van der Waals surface area contributed by atoms with E-state index in [-0.39, 0.29) is 11.8 Å². The van der Waals surface area contributed by atoms with Gasteiger partial charge < -0.3 is 10.1 Å². The van der Waals surface area contributed by atoms with Crippen LogP contribution in [0.3, 0.4) is 0 Å². The van der Waals surface area contributed by atoms with Crippen molar-refractivity contribution in [1.82, 2.24) is 15.3 Å². The highest BCUT2D eigenvalue weighted by Gasteiger charge is 2.05. The number of rotatable bonds is 5. The molecule has 0 aliphatic rings. The van der Waals surface area contributed by atoms with E-state index in [9.17, 15) is 8.78 Å². The SMILES string of the molecule is CCNCc1cnc(Oc2cc(F)cc(F)c2)nc1. The van der Waals surface area contributed by atoms with E-state index in [0.717, 1.165) is 30.3 Å². The van der Waals surface area contributed by atoms with E-state index in [2.05, 4.69) is 15.3 Å². The van der Waals surface area contributed by atoms with Crippen LogP contribution in [0.5, 0.6) is 11.8 Å². The Labute approximate surface area is 109 Å². The number of benzene rings is 1. The first-order chi connectivity index (χ1) is 9.17. The molecule has 0 aliphatic heterocycles. The lowest BCUT2D eigenvalue weighted by Crippen LogP contribution is -2.12. The van der Waals surface area contributed by atoms with Gasteiger partial charge in [-0.05, 0) is 6.54 Å². The summed E-state index contributed by atoms with van der Waals surface area (Å²) >= 11 is 0. The van der Waals surface area contributed by atoms with Gasteiger partial charge in [-0.25, -0.2) is 18.7 Å². The van der Waals surface area contributed by atoms with Crippen LogP contribution in [0.15, 0.2) is 30.6 Å². The minimum Gasteiger partial charge on any atom is -0.424 e. The van der Waals surface area contributed by atoms with Crippen LogP contribution in [-0.2, 0) is 6.54 Å². The first-order valence-electron chi connectivity index (χ1n) is 5.83. The topological polar surface area (TPSA) is 47.0 Å². The van der Waals surface area contributed by atoms with E-state index in [4.69, 9.17) is 4.74 Å². The molecule has 0 fully saturated rings.